The summed E-state index contributed by atoms with van der Waals surface area (Å²) in [4.78, 5) is 24.5. The molecule has 0 saturated carbocycles. The number of allylic oxidation sites excluding steroid dienone is 2. The molecule has 2 nitrogen and oxygen atoms in total. The summed E-state index contributed by atoms with van der Waals surface area (Å²) in [6.45, 7) is 11.7. The van der Waals surface area contributed by atoms with Crippen LogP contribution < -0.4 is 7.22 Å². The molecule has 4 heteroatoms. The van der Waals surface area contributed by atoms with Crippen LogP contribution in [0.15, 0.2) is 60.7 Å². The summed E-state index contributed by atoms with van der Waals surface area (Å²) in [5, 5.41) is 0. The predicted molar refractivity (Wildman–Crippen MR) is 131 cm³/mol. The van der Waals surface area contributed by atoms with Gasteiger partial charge in [-0.25, -0.2) is 0 Å². The van der Waals surface area contributed by atoms with Gasteiger partial charge in [0.15, 0.2) is 0 Å². The van der Waals surface area contributed by atoms with Crippen molar-refractivity contribution in [2.45, 2.75) is 41.5 Å². The third-order valence-electron chi connectivity index (χ3n) is 4.37. The van der Waals surface area contributed by atoms with Crippen molar-refractivity contribution in [2.24, 2.45) is 10.8 Å². The number of hydrogen-bond acceptors (Lipinski definition) is 2. The maximum atomic E-state index is 12.3. The second-order valence-electron chi connectivity index (χ2n) is 9.14. The Balaban J connectivity index is 2.18. The van der Waals surface area contributed by atoms with Gasteiger partial charge in [-0.1, -0.05) is 0 Å². The van der Waals surface area contributed by atoms with Crippen LogP contribution in [-0.2, 0) is 9.59 Å². The first-order valence-corrected chi connectivity index (χ1v) is 19.6. The number of ketones is 2. The first-order chi connectivity index (χ1) is 14.0. The van der Waals surface area contributed by atoms with Crippen molar-refractivity contribution in [3.05, 3.63) is 71.8 Å². The molecule has 0 aliphatic carbocycles. The molecule has 0 amide bonds. The molecule has 2 rings (SSSR count). The molecule has 0 bridgehead atoms. The summed E-state index contributed by atoms with van der Waals surface area (Å²) >= 11 is -0.723. The van der Waals surface area contributed by atoms with Crippen LogP contribution in [0, 0.1) is 10.8 Å². The van der Waals surface area contributed by atoms with Crippen LogP contribution in [0.5, 0.6) is 0 Å². The molecule has 0 aromatic heterocycles. The van der Waals surface area contributed by atoms with Gasteiger partial charge in [-0.05, 0) is 0 Å². The van der Waals surface area contributed by atoms with E-state index < -0.39 is 0 Å². The van der Waals surface area contributed by atoms with Crippen molar-refractivity contribution in [3.63, 3.8) is 0 Å². The van der Waals surface area contributed by atoms with E-state index in [1.54, 1.807) is 12.2 Å². The minimum absolute atomic E-state index is 0.147. The molecule has 0 aliphatic rings. The number of hydrogen-bond donors (Lipinski definition) is 0. The zero-order valence-electron chi connectivity index (χ0n) is 18.6. The standard InChI is InChI=1S/C26H30O2Te2/c1-25(2,3)23(27)17-15-19-11-7-9-13-21(19)29-30-22-14-10-8-12-20(22)16-18-24(28)26(4,5)6/h7-18H,1-6H3/b17-15-,18-16-. The van der Waals surface area contributed by atoms with Crippen molar-refractivity contribution in [3.8, 4) is 0 Å². The molecule has 30 heavy (non-hydrogen) atoms. The van der Waals surface area contributed by atoms with Gasteiger partial charge >= 0.3 is 199 Å². The number of carbonyl (C=O) groups excluding carboxylic acids is 2. The van der Waals surface area contributed by atoms with Crippen LogP contribution in [0.4, 0.5) is 0 Å². The van der Waals surface area contributed by atoms with Gasteiger partial charge in [-0.2, -0.15) is 0 Å². The van der Waals surface area contributed by atoms with E-state index in [4.69, 9.17) is 0 Å². The van der Waals surface area contributed by atoms with E-state index in [1.165, 1.54) is 18.3 Å². The summed E-state index contributed by atoms with van der Waals surface area (Å²) in [7, 11) is 0. The first-order valence-electron chi connectivity index (χ1n) is 9.96. The summed E-state index contributed by atoms with van der Waals surface area (Å²) in [5.41, 5.74) is 1.62. The summed E-state index contributed by atoms with van der Waals surface area (Å²) < 4.78 is 2.79. The zero-order valence-corrected chi connectivity index (χ0v) is 23.2. The number of carbonyl (C=O) groups is 2. The maximum absolute atomic E-state index is 12.3. The van der Waals surface area contributed by atoms with Gasteiger partial charge in [-0.15, -0.1) is 0 Å². The fourth-order valence-electron chi connectivity index (χ4n) is 2.31. The molecular formula is C26H30O2Te2. The topological polar surface area (TPSA) is 34.1 Å². The zero-order chi connectivity index (χ0) is 22.4. The van der Waals surface area contributed by atoms with Crippen LogP contribution in [0.1, 0.15) is 52.7 Å². The molecule has 158 valence electrons. The van der Waals surface area contributed by atoms with Crippen LogP contribution in [0.3, 0.4) is 0 Å². The molecule has 0 fully saturated rings. The predicted octanol–water partition coefficient (Wildman–Crippen LogP) is 4.22. The Morgan fingerprint density at radius 2 is 0.967 bits per heavy atom. The summed E-state index contributed by atoms with van der Waals surface area (Å²) in [6, 6.07) is 16.9. The fraction of sp³-hybridized carbons (Fsp3) is 0.308. The van der Waals surface area contributed by atoms with E-state index in [2.05, 4.69) is 36.4 Å². The van der Waals surface area contributed by atoms with Gasteiger partial charge in [0.05, 0.1) is 0 Å². The number of benzene rings is 2. The average Bonchev–Trinajstić information content (AvgIpc) is 2.68. The van der Waals surface area contributed by atoms with E-state index in [1.807, 2.05) is 65.8 Å². The van der Waals surface area contributed by atoms with Crippen LogP contribution in [0.25, 0.3) is 12.2 Å². The van der Waals surface area contributed by atoms with E-state index in [0.717, 1.165) is 0 Å². The SMILES string of the molecule is CC(C)(C)C(=O)/C=C\c1ccccc1[Te][Te]c1ccccc1/C=C\C(=O)C(C)(C)C. The van der Waals surface area contributed by atoms with Crippen LogP contribution in [0.2, 0.25) is 0 Å². The third kappa shape index (κ3) is 7.83. The molecule has 0 unspecified atom stereocenters. The Morgan fingerprint density at radius 3 is 1.30 bits per heavy atom. The van der Waals surface area contributed by atoms with Crippen molar-refractivity contribution < 1.29 is 9.59 Å². The van der Waals surface area contributed by atoms with E-state index in [-0.39, 0.29) is 56.5 Å². The molecule has 2 aromatic rings. The quantitative estimate of drug-likeness (QED) is 0.340. The Hall–Kier alpha value is -1.16. The van der Waals surface area contributed by atoms with Gasteiger partial charge in [0, 0.05) is 0 Å². The Bertz CT molecular complexity index is 878. The van der Waals surface area contributed by atoms with Gasteiger partial charge in [0.25, 0.3) is 0 Å². The fourth-order valence-corrected chi connectivity index (χ4v) is 14.2. The Kier molecular flexibility index (Phi) is 9.14. The molecule has 0 aliphatic heterocycles. The minimum atomic E-state index is -0.362. The molecule has 0 spiro atoms. The van der Waals surface area contributed by atoms with Crippen LogP contribution >= 0.6 is 0 Å². The van der Waals surface area contributed by atoms with Crippen molar-refractivity contribution in [2.75, 3.05) is 0 Å². The first kappa shape index (κ1) is 25.1. The van der Waals surface area contributed by atoms with Crippen LogP contribution in [-0.4, -0.2) is 45.7 Å². The van der Waals surface area contributed by atoms with Crippen molar-refractivity contribution in [1.82, 2.24) is 0 Å². The molecule has 0 N–H and O–H groups in total. The molecule has 0 atom stereocenters. The molecular weight excluding hydrogens is 599 g/mol. The molecule has 2 aromatic carbocycles. The molecule has 0 saturated heterocycles. The monoisotopic (exact) mass is 634 g/mol. The Morgan fingerprint density at radius 1 is 0.633 bits per heavy atom. The Labute approximate surface area is 197 Å². The van der Waals surface area contributed by atoms with E-state index >= 15 is 0 Å². The summed E-state index contributed by atoms with van der Waals surface area (Å²) in [5.74, 6) is 0.293. The molecule has 0 radical (unpaired) electrons. The number of rotatable bonds is 7. The van der Waals surface area contributed by atoms with Gasteiger partial charge < -0.3 is 0 Å². The van der Waals surface area contributed by atoms with Crippen molar-refractivity contribution in [1.29, 1.82) is 0 Å². The van der Waals surface area contributed by atoms with E-state index in [0.29, 0.717) is 0 Å². The van der Waals surface area contributed by atoms with Crippen molar-refractivity contribution >= 4 is 65.1 Å². The second kappa shape index (κ2) is 10.9. The molecule has 0 heterocycles. The van der Waals surface area contributed by atoms with Gasteiger partial charge in [0.1, 0.15) is 0 Å². The normalized spacial score (nSPS) is 12.6. The second-order valence-corrected chi connectivity index (χ2v) is 19.0. The third-order valence-corrected chi connectivity index (χ3v) is 16.2. The van der Waals surface area contributed by atoms with Gasteiger partial charge in [-0.3, -0.25) is 0 Å². The van der Waals surface area contributed by atoms with Gasteiger partial charge in [0.2, 0.25) is 0 Å². The van der Waals surface area contributed by atoms with E-state index in [9.17, 15) is 9.59 Å². The summed E-state index contributed by atoms with van der Waals surface area (Å²) in [6.07, 6.45) is 7.41. The average molecular weight is 630 g/mol.